The van der Waals surface area contributed by atoms with Crippen LogP contribution in [0.2, 0.25) is 0 Å². The van der Waals surface area contributed by atoms with Crippen molar-refractivity contribution in [2.75, 3.05) is 26.2 Å². The first-order valence-corrected chi connectivity index (χ1v) is 4.76. The molecule has 1 rings (SSSR count). The van der Waals surface area contributed by atoms with Crippen LogP contribution in [0.4, 0.5) is 0 Å². The van der Waals surface area contributed by atoms with Crippen molar-refractivity contribution in [3.05, 3.63) is 0 Å². The van der Waals surface area contributed by atoms with Crippen molar-refractivity contribution in [1.82, 2.24) is 10.2 Å². The van der Waals surface area contributed by atoms with E-state index in [4.69, 9.17) is 10.4 Å². The quantitative estimate of drug-likeness (QED) is 0.572. The van der Waals surface area contributed by atoms with Gasteiger partial charge in [0.15, 0.2) is 0 Å². The Morgan fingerprint density at radius 2 is 2.50 bits per heavy atom. The normalized spacial score (nSPS) is 21.9. The molecule has 1 aliphatic heterocycles. The number of aliphatic hydroxyl groups is 1. The van der Waals surface area contributed by atoms with Crippen molar-refractivity contribution in [2.24, 2.45) is 0 Å². The Balaban J connectivity index is 2.29. The molecule has 0 aromatic heterocycles. The van der Waals surface area contributed by atoms with Crippen molar-refractivity contribution in [3.8, 4) is 6.07 Å². The van der Waals surface area contributed by atoms with E-state index in [1.165, 1.54) is 0 Å². The van der Waals surface area contributed by atoms with E-state index < -0.39 is 0 Å². The van der Waals surface area contributed by atoms with Gasteiger partial charge in [-0.05, 0) is 19.4 Å². The van der Waals surface area contributed by atoms with Gasteiger partial charge in [-0.3, -0.25) is 9.69 Å². The summed E-state index contributed by atoms with van der Waals surface area (Å²) in [5, 5.41) is 19.7. The van der Waals surface area contributed by atoms with E-state index in [1.54, 1.807) is 0 Å². The highest BCUT2D eigenvalue weighted by Crippen LogP contribution is 2.15. The van der Waals surface area contributed by atoms with Crippen LogP contribution in [0.15, 0.2) is 0 Å². The van der Waals surface area contributed by atoms with Gasteiger partial charge in [-0.15, -0.1) is 0 Å². The number of carbonyl (C=O) groups is 1. The van der Waals surface area contributed by atoms with Crippen LogP contribution < -0.4 is 5.32 Å². The predicted octanol–water partition coefficient (Wildman–Crippen LogP) is -0.917. The molecule has 5 heteroatoms. The van der Waals surface area contributed by atoms with E-state index in [0.29, 0.717) is 0 Å². The van der Waals surface area contributed by atoms with Crippen molar-refractivity contribution >= 4 is 5.91 Å². The third kappa shape index (κ3) is 2.98. The third-order valence-electron chi connectivity index (χ3n) is 2.42. The Kier molecular flexibility index (Phi) is 4.36. The summed E-state index contributed by atoms with van der Waals surface area (Å²) in [6.07, 6.45) is 1.97. The first kappa shape index (κ1) is 11.0. The van der Waals surface area contributed by atoms with Gasteiger partial charge in [0.25, 0.3) is 0 Å². The number of amides is 1. The molecular weight excluding hydrogens is 182 g/mol. The standard InChI is InChI=1S/C9H15N3O2/c10-3-4-11-9(14)6-12-5-1-2-8(12)7-13/h8,13H,1-2,4-7H2,(H,11,14). The van der Waals surface area contributed by atoms with Crippen LogP contribution in [-0.4, -0.2) is 48.2 Å². The molecular formula is C9H15N3O2. The Morgan fingerprint density at radius 3 is 3.14 bits per heavy atom. The van der Waals surface area contributed by atoms with Gasteiger partial charge < -0.3 is 10.4 Å². The molecule has 0 aromatic carbocycles. The minimum atomic E-state index is -0.146. The van der Waals surface area contributed by atoms with E-state index in [0.717, 1.165) is 19.4 Å². The Morgan fingerprint density at radius 1 is 1.71 bits per heavy atom. The number of hydrogen-bond donors (Lipinski definition) is 2. The van der Waals surface area contributed by atoms with Gasteiger partial charge in [0.05, 0.1) is 19.2 Å². The highest BCUT2D eigenvalue weighted by Gasteiger charge is 2.24. The van der Waals surface area contributed by atoms with Crippen LogP contribution in [0.25, 0.3) is 0 Å². The van der Waals surface area contributed by atoms with Gasteiger partial charge in [0.2, 0.25) is 5.91 Å². The van der Waals surface area contributed by atoms with Gasteiger partial charge in [0.1, 0.15) is 6.54 Å². The van der Waals surface area contributed by atoms with Crippen molar-refractivity contribution in [3.63, 3.8) is 0 Å². The fraction of sp³-hybridized carbons (Fsp3) is 0.778. The summed E-state index contributed by atoms with van der Waals surface area (Å²) in [6, 6.07) is 1.96. The Hall–Kier alpha value is -1.12. The second kappa shape index (κ2) is 5.58. The monoisotopic (exact) mass is 197 g/mol. The number of nitriles is 1. The maximum absolute atomic E-state index is 11.2. The van der Waals surface area contributed by atoms with E-state index in [9.17, 15) is 4.79 Å². The zero-order valence-electron chi connectivity index (χ0n) is 8.07. The largest absolute Gasteiger partial charge is 0.395 e. The first-order chi connectivity index (χ1) is 6.77. The molecule has 5 nitrogen and oxygen atoms in total. The highest BCUT2D eigenvalue weighted by atomic mass is 16.3. The molecule has 1 saturated heterocycles. The molecule has 0 aliphatic carbocycles. The van der Waals surface area contributed by atoms with Crippen LogP contribution in [0.5, 0.6) is 0 Å². The van der Waals surface area contributed by atoms with E-state index >= 15 is 0 Å². The van der Waals surface area contributed by atoms with Crippen LogP contribution in [0.3, 0.4) is 0 Å². The Bertz CT molecular complexity index is 237. The SMILES string of the molecule is N#CCNC(=O)CN1CCCC1CO. The van der Waals surface area contributed by atoms with E-state index in [1.807, 2.05) is 11.0 Å². The van der Waals surface area contributed by atoms with Crippen LogP contribution in [-0.2, 0) is 4.79 Å². The molecule has 0 spiro atoms. The highest BCUT2D eigenvalue weighted by molar-refractivity contribution is 5.78. The molecule has 0 radical (unpaired) electrons. The zero-order valence-corrected chi connectivity index (χ0v) is 8.07. The van der Waals surface area contributed by atoms with Crippen molar-refractivity contribution < 1.29 is 9.90 Å². The fourth-order valence-electron chi connectivity index (χ4n) is 1.69. The number of carbonyl (C=O) groups excluding carboxylic acids is 1. The lowest BCUT2D eigenvalue weighted by Gasteiger charge is -2.21. The topological polar surface area (TPSA) is 76.4 Å². The van der Waals surface area contributed by atoms with Crippen LogP contribution >= 0.6 is 0 Å². The molecule has 2 N–H and O–H groups in total. The lowest BCUT2D eigenvalue weighted by Crippen LogP contribution is -2.41. The molecule has 1 aliphatic rings. The number of hydrogen-bond acceptors (Lipinski definition) is 4. The van der Waals surface area contributed by atoms with E-state index in [-0.39, 0.29) is 31.6 Å². The molecule has 1 unspecified atom stereocenters. The molecule has 14 heavy (non-hydrogen) atoms. The smallest absolute Gasteiger partial charge is 0.235 e. The summed E-state index contributed by atoms with van der Waals surface area (Å²) in [6.45, 7) is 1.29. The Labute approximate surface area is 83.3 Å². The predicted molar refractivity (Wildman–Crippen MR) is 50.3 cm³/mol. The summed E-state index contributed by atoms with van der Waals surface area (Å²) in [5.74, 6) is -0.146. The van der Waals surface area contributed by atoms with Crippen molar-refractivity contribution in [2.45, 2.75) is 18.9 Å². The zero-order chi connectivity index (χ0) is 10.4. The molecule has 0 aromatic rings. The second-order valence-corrected chi connectivity index (χ2v) is 3.38. The molecule has 78 valence electrons. The summed E-state index contributed by atoms with van der Waals surface area (Å²) >= 11 is 0. The fourth-order valence-corrected chi connectivity index (χ4v) is 1.69. The van der Waals surface area contributed by atoms with E-state index in [2.05, 4.69) is 5.32 Å². The molecule has 0 saturated carbocycles. The minimum absolute atomic E-state index is 0.0520. The van der Waals surface area contributed by atoms with Crippen molar-refractivity contribution in [1.29, 1.82) is 5.26 Å². The van der Waals surface area contributed by atoms with Gasteiger partial charge in [-0.1, -0.05) is 0 Å². The van der Waals surface area contributed by atoms with Gasteiger partial charge in [-0.25, -0.2) is 0 Å². The molecule has 1 heterocycles. The number of likely N-dealkylation sites (tertiary alicyclic amines) is 1. The van der Waals surface area contributed by atoms with Gasteiger partial charge in [0, 0.05) is 6.04 Å². The third-order valence-corrected chi connectivity index (χ3v) is 2.42. The maximum Gasteiger partial charge on any atom is 0.235 e. The number of nitrogens with zero attached hydrogens (tertiary/aromatic N) is 2. The summed E-state index contributed by atoms with van der Waals surface area (Å²) in [4.78, 5) is 13.2. The van der Waals surface area contributed by atoms with Crippen LogP contribution in [0, 0.1) is 11.3 Å². The molecule has 1 atom stereocenters. The lowest BCUT2D eigenvalue weighted by atomic mass is 10.2. The summed E-state index contributed by atoms with van der Waals surface area (Å²) < 4.78 is 0. The second-order valence-electron chi connectivity index (χ2n) is 3.38. The minimum Gasteiger partial charge on any atom is -0.395 e. The average molecular weight is 197 g/mol. The van der Waals surface area contributed by atoms with Gasteiger partial charge >= 0.3 is 0 Å². The molecule has 1 amide bonds. The average Bonchev–Trinajstić information content (AvgIpc) is 2.62. The number of aliphatic hydroxyl groups excluding tert-OH is 1. The lowest BCUT2D eigenvalue weighted by molar-refractivity contribution is -0.122. The summed E-state index contributed by atoms with van der Waals surface area (Å²) in [5.41, 5.74) is 0. The molecule has 1 fully saturated rings. The number of nitrogens with one attached hydrogen (secondary N) is 1. The van der Waals surface area contributed by atoms with Gasteiger partial charge in [-0.2, -0.15) is 5.26 Å². The molecule has 0 bridgehead atoms. The summed E-state index contributed by atoms with van der Waals surface area (Å²) in [7, 11) is 0. The first-order valence-electron chi connectivity index (χ1n) is 4.76. The van der Waals surface area contributed by atoms with Crippen LogP contribution in [0.1, 0.15) is 12.8 Å². The number of rotatable bonds is 4. The maximum atomic E-state index is 11.2.